The first-order valence-electron chi connectivity index (χ1n) is 8.41. The number of aromatic hydroxyl groups is 1. The first kappa shape index (κ1) is 24.1. The van der Waals surface area contributed by atoms with Gasteiger partial charge in [-0.25, -0.2) is 10.5 Å². The number of nitrogens with one attached hydrogen (secondary N) is 1. The predicted octanol–water partition coefficient (Wildman–Crippen LogP) is 4.34. The lowest BCUT2D eigenvalue weighted by molar-refractivity contribution is -0.432. The summed E-state index contributed by atoms with van der Waals surface area (Å²) >= 11 is 1.42. The Morgan fingerprint density at radius 2 is 1.93 bits per heavy atom. The largest absolute Gasteiger partial charge is 0.494 e. The highest BCUT2D eigenvalue weighted by Crippen LogP contribution is 2.35. The number of aromatic nitrogens is 1. The molecule has 0 atom stereocenters. The number of pyridine rings is 1. The summed E-state index contributed by atoms with van der Waals surface area (Å²) in [7, 11) is 1.72. The van der Waals surface area contributed by atoms with E-state index in [9.17, 15) is 9.90 Å². The molecule has 1 heterocycles. The first-order valence-corrected chi connectivity index (χ1v) is 10.1. The van der Waals surface area contributed by atoms with Gasteiger partial charge in [0, 0.05) is 36.9 Å². The van der Waals surface area contributed by atoms with Crippen LogP contribution in [0.3, 0.4) is 0 Å². The van der Waals surface area contributed by atoms with E-state index in [0.717, 1.165) is 10.3 Å². The van der Waals surface area contributed by atoms with Crippen molar-refractivity contribution in [2.24, 2.45) is 10.2 Å². The minimum Gasteiger partial charge on any atom is -0.494 e. The number of hydrogen-bond acceptors (Lipinski definition) is 13. The van der Waals surface area contributed by atoms with Gasteiger partial charge >= 0.3 is 0 Å². The maximum atomic E-state index is 12.8. The van der Waals surface area contributed by atoms with Crippen molar-refractivity contribution in [1.29, 1.82) is 0 Å². The zero-order chi connectivity index (χ0) is 22.1. The second-order valence-corrected chi connectivity index (χ2v) is 6.99. The lowest BCUT2D eigenvalue weighted by atomic mass is 10.1. The third-order valence-corrected chi connectivity index (χ3v) is 5.26. The van der Waals surface area contributed by atoms with E-state index < -0.39 is 5.56 Å². The van der Waals surface area contributed by atoms with Gasteiger partial charge in [0.25, 0.3) is 5.56 Å². The molecular weight excluding hydrogens is 440 g/mol. The molecular formula is C16H20N4O8S2. The molecule has 1 aromatic heterocycles. The van der Waals surface area contributed by atoms with Crippen LogP contribution in [0.25, 0.3) is 0 Å². The fraction of sp³-hybridized carbons (Fsp3) is 0.312. The van der Waals surface area contributed by atoms with Gasteiger partial charge in [-0.05, 0) is 37.6 Å². The molecule has 0 saturated heterocycles. The number of anilines is 1. The zero-order valence-corrected chi connectivity index (χ0v) is 17.8. The second-order valence-electron chi connectivity index (χ2n) is 5.59. The SMILES string of the molecule is CCn1c(O)c(CSOOO)c(C)c(N=Nc2cc(NC)ccc2SOOO)c1=O. The van der Waals surface area contributed by atoms with Crippen LogP contribution in [0.4, 0.5) is 17.1 Å². The van der Waals surface area contributed by atoms with E-state index in [1.54, 1.807) is 39.1 Å². The lowest BCUT2D eigenvalue weighted by Gasteiger charge is -2.14. The molecule has 0 aliphatic heterocycles. The molecule has 2 aromatic rings. The van der Waals surface area contributed by atoms with Gasteiger partial charge in [0.1, 0.15) is 5.69 Å². The molecule has 0 aliphatic carbocycles. The molecule has 0 amide bonds. The summed E-state index contributed by atoms with van der Waals surface area (Å²) < 4.78 is 9.96. The first-order chi connectivity index (χ1) is 14.5. The number of nitrogens with zero attached hydrogens (tertiary/aromatic N) is 3. The fourth-order valence-corrected chi connectivity index (χ4v) is 3.49. The Morgan fingerprint density at radius 1 is 1.20 bits per heavy atom. The van der Waals surface area contributed by atoms with E-state index in [0.29, 0.717) is 45.8 Å². The van der Waals surface area contributed by atoms with Gasteiger partial charge in [0.2, 0.25) is 0 Å². The Bertz CT molecular complexity index is 954. The van der Waals surface area contributed by atoms with Crippen molar-refractivity contribution in [2.45, 2.75) is 31.0 Å². The molecule has 164 valence electrons. The van der Waals surface area contributed by atoms with Gasteiger partial charge in [-0.15, -0.1) is 18.9 Å². The van der Waals surface area contributed by atoms with Crippen LogP contribution in [0.5, 0.6) is 5.88 Å². The van der Waals surface area contributed by atoms with Crippen molar-refractivity contribution in [3.63, 3.8) is 0 Å². The fourth-order valence-electron chi connectivity index (χ4n) is 2.52. The van der Waals surface area contributed by atoms with Crippen LogP contribution in [0.2, 0.25) is 0 Å². The summed E-state index contributed by atoms with van der Waals surface area (Å²) in [6.07, 6.45) is 0. The van der Waals surface area contributed by atoms with Gasteiger partial charge in [-0.3, -0.25) is 9.36 Å². The summed E-state index contributed by atoms with van der Waals surface area (Å²) in [6, 6.07) is 5.06. The molecule has 2 rings (SSSR count). The molecule has 0 fully saturated rings. The molecule has 0 spiro atoms. The van der Waals surface area contributed by atoms with E-state index >= 15 is 0 Å². The van der Waals surface area contributed by atoms with E-state index in [1.165, 1.54) is 0 Å². The van der Waals surface area contributed by atoms with E-state index in [2.05, 4.69) is 34.3 Å². The van der Waals surface area contributed by atoms with Crippen LogP contribution >= 0.6 is 24.1 Å². The molecule has 0 radical (unpaired) electrons. The van der Waals surface area contributed by atoms with Gasteiger partial charge in [-0.2, -0.15) is 0 Å². The van der Waals surface area contributed by atoms with Gasteiger partial charge in [0.05, 0.1) is 22.7 Å². The minimum absolute atomic E-state index is 0.0142. The molecule has 0 bridgehead atoms. The van der Waals surface area contributed by atoms with Crippen LogP contribution in [0, 0.1) is 6.92 Å². The Hall–Kier alpha value is -2.17. The molecule has 4 N–H and O–H groups in total. The quantitative estimate of drug-likeness (QED) is 0.124. The van der Waals surface area contributed by atoms with E-state index in [4.69, 9.17) is 10.5 Å². The molecule has 30 heavy (non-hydrogen) atoms. The van der Waals surface area contributed by atoms with Crippen molar-refractivity contribution < 1.29 is 34.4 Å². The smallest absolute Gasteiger partial charge is 0.281 e. The van der Waals surface area contributed by atoms with Crippen molar-refractivity contribution in [2.75, 3.05) is 12.4 Å². The molecule has 0 unspecified atom stereocenters. The summed E-state index contributed by atoms with van der Waals surface area (Å²) in [5.41, 5.74) is 1.30. The normalized spacial score (nSPS) is 11.4. The van der Waals surface area contributed by atoms with Crippen molar-refractivity contribution in [3.8, 4) is 5.88 Å². The number of rotatable bonds is 11. The maximum Gasteiger partial charge on any atom is 0.281 e. The monoisotopic (exact) mass is 460 g/mol. The Kier molecular flexibility index (Phi) is 9.54. The number of azo groups is 1. The summed E-state index contributed by atoms with van der Waals surface area (Å²) in [6.45, 7) is 3.49. The van der Waals surface area contributed by atoms with E-state index in [1.807, 2.05) is 0 Å². The molecule has 12 nitrogen and oxygen atoms in total. The summed E-state index contributed by atoms with van der Waals surface area (Å²) in [5.74, 6) is -0.172. The second kappa shape index (κ2) is 11.9. The Morgan fingerprint density at radius 3 is 2.57 bits per heavy atom. The van der Waals surface area contributed by atoms with Crippen LogP contribution < -0.4 is 10.9 Å². The third kappa shape index (κ3) is 5.71. The molecule has 0 aliphatic rings. The standard InChI is InChI=1S/C16H20N4O8S2/c1-4-20-15(21)11(8-29-27-25-23)9(2)14(16(20)22)19-18-12-7-10(17-3)5-6-13(12)30-28-26-24/h5-7,17,21,23-24H,4,8H2,1-3H3. The average molecular weight is 460 g/mol. The summed E-state index contributed by atoms with van der Waals surface area (Å²) in [5, 5.41) is 45.5. The maximum absolute atomic E-state index is 12.8. The Balaban J connectivity index is 2.52. The molecule has 0 saturated carbocycles. The van der Waals surface area contributed by atoms with Gasteiger partial charge in [-0.1, -0.05) is 10.1 Å². The highest BCUT2D eigenvalue weighted by Gasteiger charge is 2.19. The number of hydrogen-bond donors (Lipinski definition) is 4. The van der Waals surface area contributed by atoms with Gasteiger partial charge < -0.3 is 10.4 Å². The summed E-state index contributed by atoms with van der Waals surface area (Å²) in [4.78, 5) is 13.2. The number of benzene rings is 1. The van der Waals surface area contributed by atoms with Crippen molar-refractivity contribution >= 4 is 41.1 Å². The van der Waals surface area contributed by atoms with Crippen LogP contribution in [0.1, 0.15) is 18.1 Å². The van der Waals surface area contributed by atoms with Gasteiger partial charge in [0.15, 0.2) is 11.6 Å². The average Bonchev–Trinajstić information content (AvgIpc) is 2.75. The third-order valence-electron chi connectivity index (χ3n) is 4.04. The molecule has 1 aromatic carbocycles. The highest BCUT2D eigenvalue weighted by atomic mass is 32.2. The highest BCUT2D eigenvalue weighted by molar-refractivity contribution is 7.94. The van der Waals surface area contributed by atoms with Crippen LogP contribution in [-0.4, -0.2) is 27.2 Å². The van der Waals surface area contributed by atoms with E-state index in [-0.39, 0.29) is 23.9 Å². The minimum atomic E-state index is -0.529. The predicted molar refractivity (Wildman–Crippen MR) is 110 cm³/mol. The Labute approximate surface area is 179 Å². The van der Waals surface area contributed by atoms with Crippen molar-refractivity contribution in [3.05, 3.63) is 39.7 Å². The van der Waals surface area contributed by atoms with Crippen molar-refractivity contribution in [1.82, 2.24) is 4.57 Å². The topological polar surface area (TPSA) is 156 Å². The zero-order valence-electron chi connectivity index (χ0n) is 16.2. The van der Waals surface area contributed by atoms with Crippen LogP contribution in [-0.2, 0) is 31.0 Å². The molecule has 14 heteroatoms. The van der Waals surface area contributed by atoms with Crippen LogP contribution in [0.15, 0.2) is 38.1 Å². The lowest BCUT2D eigenvalue weighted by Crippen LogP contribution is -2.21.